The molecule has 0 spiro atoms. The Balaban J connectivity index is 1.65. The molecule has 10 heteroatoms. The number of aromatic nitrogens is 2. The second-order valence-corrected chi connectivity index (χ2v) is 10.5. The first-order valence-corrected chi connectivity index (χ1v) is 12.3. The van der Waals surface area contributed by atoms with Gasteiger partial charge in [0.1, 0.15) is 5.82 Å². The Morgan fingerprint density at radius 2 is 1.97 bits per heavy atom. The smallest absolute Gasteiger partial charge is 0.319 e. The van der Waals surface area contributed by atoms with Crippen LogP contribution in [-0.2, 0) is 16.2 Å². The Bertz CT molecular complexity index is 967. The van der Waals surface area contributed by atoms with Crippen molar-refractivity contribution in [3.63, 3.8) is 0 Å². The van der Waals surface area contributed by atoms with Crippen LogP contribution in [0.5, 0.6) is 0 Å². The van der Waals surface area contributed by atoms with Gasteiger partial charge in [0.25, 0.3) is 0 Å². The van der Waals surface area contributed by atoms with Gasteiger partial charge in [-0.2, -0.15) is 10.6 Å². The van der Waals surface area contributed by atoms with Crippen LogP contribution >= 0.6 is 10.6 Å². The molecule has 1 unspecified atom stereocenters. The molecule has 1 aromatic carbocycles. The lowest BCUT2D eigenvalue weighted by atomic mass is 10.1. The zero-order chi connectivity index (χ0) is 22.2. The van der Waals surface area contributed by atoms with E-state index in [1.54, 1.807) is 12.1 Å². The predicted molar refractivity (Wildman–Crippen MR) is 123 cm³/mol. The van der Waals surface area contributed by atoms with E-state index in [0.717, 1.165) is 16.9 Å². The van der Waals surface area contributed by atoms with Crippen LogP contribution in [0.3, 0.4) is 0 Å². The highest BCUT2D eigenvalue weighted by atomic mass is 32.3. The third-order valence-corrected chi connectivity index (χ3v) is 6.76. The summed E-state index contributed by atoms with van der Waals surface area (Å²) in [6.07, 6.45) is 0. The van der Waals surface area contributed by atoms with E-state index < -0.39 is 10.6 Å². The van der Waals surface area contributed by atoms with Crippen molar-refractivity contribution in [3.8, 4) is 11.4 Å². The average molecular weight is 448 g/mol. The number of amides is 2. The number of hydrogen-bond donors (Lipinski definition) is 4. The van der Waals surface area contributed by atoms with Crippen LogP contribution in [0, 0.1) is 0 Å². The Hall–Kier alpha value is -2.40. The van der Waals surface area contributed by atoms with Gasteiger partial charge in [0, 0.05) is 29.4 Å². The molecule has 0 saturated carbocycles. The van der Waals surface area contributed by atoms with Crippen LogP contribution in [0.4, 0.5) is 16.3 Å². The van der Waals surface area contributed by atoms with Gasteiger partial charge < -0.3 is 20.3 Å². The number of carbonyl (C=O) groups is 1. The van der Waals surface area contributed by atoms with Crippen LogP contribution in [-0.4, -0.2) is 56.9 Å². The lowest BCUT2D eigenvalue weighted by Crippen LogP contribution is -2.44. The molecule has 2 aliphatic rings. The summed E-state index contributed by atoms with van der Waals surface area (Å²) in [4.78, 5) is 23.6. The summed E-state index contributed by atoms with van der Waals surface area (Å²) in [5.41, 5.74) is 2.97. The van der Waals surface area contributed by atoms with E-state index in [0.29, 0.717) is 37.0 Å². The maximum Gasteiger partial charge on any atom is 0.319 e. The molecule has 0 radical (unpaired) electrons. The number of fused-ring (bicyclic) bond motifs is 1. The van der Waals surface area contributed by atoms with Crippen molar-refractivity contribution in [2.45, 2.75) is 44.4 Å². The molecule has 1 atom stereocenters. The van der Waals surface area contributed by atoms with E-state index in [4.69, 9.17) is 9.72 Å². The van der Waals surface area contributed by atoms with E-state index in [2.05, 4.69) is 27.4 Å². The second-order valence-electron chi connectivity index (χ2n) is 8.33. The molecular formula is C21H29N5O4S. The standard InChI is InChI=1S/C21H29N5O4S/c1-13(2)22-21(27)23-16-6-4-15(5-7-16)19-24-18-12-31(28,29)11-17(18)20(25-19)26-8-9-30-10-14(26)3/h4-7,13-14,28-29H,8-12H2,1-3H3,(H2,22,23,27). The number of rotatable bonds is 4. The fourth-order valence-corrected chi connectivity index (χ4v) is 5.36. The summed E-state index contributed by atoms with van der Waals surface area (Å²) in [6, 6.07) is 7.23. The number of nitrogens with one attached hydrogen (secondary N) is 2. The summed E-state index contributed by atoms with van der Waals surface area (Å²) in [7, 11) is -2.73. The van der Waals surface area contributed by atoms with Crippen molar-refractivity contribution in [1.82, 2.24) is 15.3 Å². The molecule has 9 nitrogen and oxygen atoms in total. The predicted octanol–water partition coefficient (Wildman–Crippen LogP) is 3.66. The van der Waals surface area contributed by atoms with Crippen LogP contribution in [0.1, 0.15) is 32.0 Å². The van der Waals surface area contributed by atoms with E-state index >= 15 is 0 Å². The van der Waals surface area contributed by atoms with Crippen molar-refractivity contribution in [2.24, 2.45) is 0 Å². The molecule has 4 rings (SSSR count). The molecule has 0 bridgehead atoms. The Morgan fingerprint density at radius 1 is 1.23 bits per heavy atom. The van der Waals surface area contributed by atoms with Gasteiger partial charge in [-0.15, -0.1) is 0 Å². The molecule has 2 amide bonds. The maximum absolute atomic E-state index is 11.9. The minimum atomic E-state index is -2.73. The van der Waals surface area contributed by atoms with Gasteiger partial charge in [0.15, 0.2) is 5.82 Å². The molecule has 1 aromatic heterocycles. The number of morpholine rings is 1. The second kappa shape index (κ2) is 8.62. The monoisotopic (exact) mass is 447 g/mol. The third-order valence-electron chi connectivity index (χ3n) is 5.27. The number of urea groups is 1. The van der Waals surface area contributed by atoms with E-state index in [-0.39, 0.29) is 29.6 Å². The normalized spacial score (nSPS) is 21.0. The molecule has 0 aliphatic carbocycles. The molecule has 1 fully saturated rings. The van der Waals surface area contributed by atoms with Crippen LogP contribution < -0.4 is 15.5 Å². The number of carbonyl (C=O) groups excluding carboxylic acids is 1. The van der Waals surface area contributed by atoms with Crippen molar-refractivity contribution < 1.29 is 18.6 Å². The molecule has 1 saturated heterocycles. The highest BCUT2D eigenvalue weighted by Gasteiger charge is 2.34. The van der Waals surface area contributed by atoms with Crippen molar-refractivity contribution in [1.29, 1.82) is 0 Å². The van der Waals surface area contributed by atoms with Gasteiger partial charge in [-0.05, 0) is 45.0 Å². The number of anilines is 2. The number of ether oxygens (including phenoxy) is 1. The third kappa shape index (κ3) is 4.93. The summed E-state index contributed by atoms with van der Waals surface area (Å²) in [5, 5.41) is 5.58. The lowest BCUT2D eigenvalue weighted by molar-refractivity contribution is 0.0984. The Labute approximate surface area is 183 Å². The summed E-state index contributed by atoms with van der Waals surface area (Å²) < 4.78 is 26.2. The minimum absolute atomic E-state index is 0.0485. The van der Waals surface area contributed by atoms with Crippen molar-refractivity contribution in [2.75, 3.05) is 30.0 Å². The number of benzene rings is 1. The van der Waals surface area contributed by atoms with Gasteiger partial charge in [-0.25, -0.2) is 14.8 Å². The zero-order valence-corrected chi connectivity index (χ0v) is 18.8. The van der Waals surface area contributed by atoms with Crippen molar-refractivity contribution in [3.05, 3.63) is 35.5 Å². The first kappa shape index (κ1) is 21.8. The van der Waals surface area contributed by atoms with Gasteiger partial charge in [-0.3, -0.25) is 9.11 Å². The maximum atomic E-state index is 11.9. The summed E-state index contributed by atoms with van der Waals surface area (Å²) >= 11 is 0. The first-order chi connectivity index (χ1) is 14.7. The lowest BCUT2D eigenvalue weighted by Gasteiger charge is -2.35. The Kier molecular flexibility index (Phi) is 6.07. The molecule has 3 heterocycles. The largest absolute Gasteiger partial charge is 0.377 e. The van der Waals surface area contributed by atoms with E-state index in [1.807, 2.05) is 26.0 Å². The summed E-state index contributed by atoms with van der Waals surface area (Å²) in [5.74, 6) is 1.63. The van der Waals surface area contributed by atoms with Crippen LogP contribution in [0.25, 0.3) is 11.4 Å². The fourth-order valence-electron chi connectivity index (χ4n) is 3.83. The minimum Gasteiger partial charge on any atom is -0.377 e. The first-order valence-electron chi connectivity index (χ1n) is 10.4. The van der Waals surface area contributed by atoms with Gasteiger partial charge in [0.05, 0.1) is 36.5 Å². The molecule has 2 aliphatic heterocycles. The molecule has 2 aromatic rings. The van der Waals surface area contributed by atoms with Crippen LogP contribution in [0.15, 0.2) is 24.3 Å². The van der Waals surface area contributed by atoms with Gasteiger partial charge in [0.2, 0.25) is 0 Å². The van der Waals surface area contributed by atoms with Crippen LogP contribution in [0.2, 0.25) is 0 Å². The SMILES string of the molecule is CC(C)NC(=O)Nc1ccc(-c2nc3c(c(N4CCOCC4C)n2)CS(O)(O)C3)cc1. The van der Waals surface area contributed by atoms with Gasteiger partial charge >= 0.3 is 6.03 Å². The van der Waals surface area contributed by atoms with Gasteiger partial charge in [-0.1, -0.05) is 0 Å². The topological polar surface area (TPSA) is 120 Å². The Morgan fingerprint density at radius 3 is 2.65 bits per heavy atom. The fraction of sp³-hybridized carbons (Fsp3) is 0.476. The molecule has 168 valence electrons. The van der Waals surface area contributed by atoms with E-state index in [9.17, 15) is 13.9 Å². The zero-order valence-electron chi connectivity index (χ0n) is 18.0. The quantitative estimate of drug-likeness (QED) is 0.564. The molecule has 31 heavy (non-hydrogen) atoms. The molecule has 4 N–H and O–H groups in total. The molecular weight excluding hydrogens is 418 g/mol. The highest BCUT2D eigenvalue weighted by Crippen LogP contribution is 2.54. The average Bonchev–Trinajstić information content (AvgIpc) is 3.01. The van der Waals surface area contributed by atoms with Crippen molar-refractivity contribution >= 4 is 28.1 Å². The highest BCUT2D eigenvalue weighted by molar-refractivity contribution is 8.23. The number of hydrogen-bond acceptors (Lipinski definition) is 7. The number of nitrogens with zero attached hydrogens (tertiary/aromatic N) is 3. The summed E-state index contributed by atoms with van der Waals surface area (Å²) in [6.45, 7) is 7.77. The van der Waals surface area contributed by atoms with E-state index in [1.165, 1.54) is 0 Å².